The molecule has 0 aliphatic carbocycles. The van der Waals surface area contributed by atoms with Crippen molar-refractivity contribution < 1.29 is 14.6 Å². The van der Waals surface area contributed by atoms with Gasteiger partial charge in [-0.15, -0.1) is 11.3 Å². The summed E-state index contributed by atoms with van der Waals surface area (Å²) >= 11 is 1.60. The van der Waals surface area contributed by atoms with Crippen molar-refractivity contribution in [2.24, 2.45) is 5.92 Å². The molecule has 2 rings (SSSR count). The number of aliphatic hydroxyl groups is 1. The van der Waals surface area contributed by atoms with Crippen molar-refractivity contribution in [3.8, 4) is 0 Å². The first kappa shape index (κ1) is 12.5. The van der Waals surface area contributed by atoms with Gasteiger partial charge < -0.3 is 14.7 Å². The van der Waals surface area contributed by atoms with Gasteiger partial charge in [-0.05, 0) is 11.4 Å². The molecule has 1 aliphatic heterocycles. The number of rotatable bonds is 3. The lowest BCUT2D eigenvalue weighted by Gasteiger charge is -2.22. The third-order valence-electron chi connectivity index (χ3n) is 2.85. The number of thiophene rings is 1. The molecule has 1 aromatic rings. The van der Waals surface area contributed by atoms with Crippen molar-refractivity contribution in [1.82, 2.24) is 4.90 Å². The van der Waals surface area contributed by atoms with E-state index in [1.807, 2.05) is 17.5 Å². The Morgan fingerprint density at radius 2 is 2.53 bits per heavy atom. The molecule has 0 aromatic carbocycles. The van der Waals surface area contributed by atoms with E-state index in [1.54, 1.807) is 16.2 Å². The summed E-state index contributed by atoms with van der Waals surface area (Å²) < 4.78 is 5.36. The standard InChI is InChI=1S/C12H17NO3S/c14-8-10-7-13(3-4-16-9-10)12(15)6-11-2-1-5-17-11/h1-2,5,10,14H,3-4,6-9H2. The maximum atomic E-state index is 12.1. The highest BCUT2D eigenvalue weighted by Crippen LogP contribution is 2.13. The zero-order valence-electron chi connectivity index (χ0n) is 9.67. The van der Waals surface area contributed by atoms with Gasteiger partial charge in [0.25, 0.3) is 0 Å². The Morgan fingerprint density at radius 3 is 3.24 bits per heavy atom. The van der Waals surface area contributed by atoms with E-state index in [9.17, 15) is 4.79 Å². The first-order valence-electron chi connectivity index (χ1n) is 5.78. The number of nitrogens with zero attached hydrogens (tertiary/aromatic N) is 1. The summed E-state index contributed by atoms with van der Waals surface area (Å²) in [5, 5.41) is 11.1. The van der Waals surface area contributed by atoms with Gasteiger partial charge >= 0.3 is 0 Å². The number of carbonyl (C=O) groups is 1. The van der Waals surface area contributed by atoms with Crippen LogP contribution in [0.1, 0.15) is 4.88 Å². The molecule has 1 saturated heterocycles. The lowest BCUT2D eigenvalue weighted by molar-refractivity contribution is -0.130. The maximum absolute atomic E-state index is 12.1. The Balaban J connectivity index is 1.93. The van der Waals surface area contributed by atoms with Gasteiger partial charge in [-0.1, -0.05) is 6.07 Å². The fourth-order valence-corrected chi connectivity index (χ4v) is 2.59. The van der Waals surface area contributed by atoms with Gasteiger partial charge in [0.2, 0.25) is 5.91 Å². The number of carbonyl (C=O) groups excluding carboxylic acids is 1. The highest BCUT2D eigenvalue weighted by Gasteiger charge is 2.22. The summed E-state index contributed by atoms with van der Waals surface area (Å²) in [6.45, 7) is 2.40. The quantitative estimate of drug-likeness (QED) is 0.867. The SMILES string of the molecule is O=C(Cc1cccs1)N1CCOCC(CO)C1. The second-order valence-electron chi connectivity index (χ2n) is 4.22. The van der Waals surface area contributed by atoms with Crippen molar-refractivity contribution in [1.29, 1.82) is 0 Å². The minimum absolute atomic E-state index is 0.0461. The van der Waals surface area contributed by atoms with E-state index in [-0.39, 0.29) is 18.4 Å². The van der Waals surface area contributed by atoms with Crippen LogP contribution < -0.4 is 0 Å². The second kappa shape index (κ2) is 6.14. The fourth-order valence-electron chi connectivity index (χ4n) is 1.89. The van der Waals surface area contributed by atoms with Gasteiger partial charge in [0.1, 0.15) is 0 Å². The van der Waals surface area contributed by atoms with Crippen LogP contribution in [0.3, 0.4) is 0 Å². The molecule has 1 atom stereocenters. The molecule has 0 bridgehead atoms. The molecule has 94 valence electrons. The summed E-state index contributed by atoms with van der Waals surface area (Å²) in [6, 6.07) is 3.93. The second-order valence-corrected chi connectivity index (χ2v) is 5.25. The first-order valence-corrected chi connectivity index (χ1v) is 6.66. The van der Waals surface area contributed by atoms with Crippen LogP contribution in [0.5, 0.6) is 0 Å². The van der Waals surface area contributed by atoms with Crippen LogP contribution in [0.15, 0.2) is 17.5 Å². The van der Waals surface area contributed by atoms with E-state index in [2.05, 4.69) is 0 Å². The molecule has 1 fully saturated rings. The van der Waals surface area contributed by atoms with Crippen LogP contribution in [0.25, 0.3) is 0 Å². The molecule has 5 heteroatoms. The number of ether oxygens (including phenoxy) is 1. The normalized spacial score (nSPS) is 21.2. The third-order valence-corrected chi connectivity index (χ3v) is 3.73. The molecule has 1 N–H and O–H groups in total. The average Bonchev–Trinajstić information content (AvgIpc) is 2.71. The minimum atomic E-state index is 0.0461. The van der Waals surface area contributed by atoms with Crippen LogP contribution in [0.4, 0.5) is 0 Å². The summed E-state index contributed by atoms with van der Waals surface area (Å²) in [5.74, 6) is 0.168. The van der Waals surface area contributed by atoms with Crippen LogP contribution in [0.2, 0.25) is 0 Å². The monoisotopic (exact) mass is 255 g/mol. The zero-order chi connectivity index (χ0) is 12.1. The Labute approximate surface area is 105 Å². The highest BCUT2D eigenvalue weighted by molar-refractivity contribution is 7.10. The lowest BCUT2D eigenvalue weighted by Crippen LogP contribution is -2.37. The van der Waals surface area contributed by atoms with Crippen molar-refractivity contribution in [2.75, 3.05) is 32.9 Å². The lowest BCUT2D eigenvalue weighted by atomic mass is 10.1. The van der Waals surface area contributed by atoms with Crippen molar-refractivity contribution in [3.05, 3.63) is 22.4 Å². The van der Waals surface area contributed by atoms with Gasteiger partial charge in [-0.2, -0.15) is 0 Å². The summed E-state index contributed by atoms with van der Waals surface area (Å²) in [6.07, 6.45) is 0.454. The number of aliphatic hydroxyl groups excluding tert-OH is 1. The molecule has 4 nitrogen and oxygen atoms in total. The van der Waals surface area contributed by atoms with E-state index in [0.29, 0.717) is 32.7 Å². The van der Waals surface area contributed by atoms with E-state index < -0.39 is 0 Å². The van der Waals surface area contributed by atoms with Gasteiger partial charge in [-0.25, -0.2) is 0 Å². The smallest absolute Gasteiger partial charge is 0.227 e. The largest absolute Gasteiger partial charge is 0.396 e. The Kier molecular flexibility index (Phi) is 4.53. The molecular formula is C12H17NO3S. The molecule has 2 heterocycles. The number of hydrogen-bond donors (Lipinski definition) is 1. The van der Waals surface area contributed by atoms with Gasteiger partial charge in [0, 0.05) is 30.5 Å². The zero-order valence-corrected chi connectivity index (χ0v) is 10.5. The highest BCUT2D eigenvalue weighted by atomic mass is 32.1. The Morgan fingerprint density at radius 1 is 1.65 bits per heavy atom. The number of hydrogen-bond acceptors (Lipinski definition) is 4. The molecule has 1 amide bonds. The topological polar surface area (TPSA) is 49.8 Å². The predicted octanol–water partition coefficient (Wildman–Crippen LogP) is 0.758. The van der Waals surface area contributed by atoms with Crippen molar-refractivity contribution >= 4 is 17.2 Å². The minimum Gasteiger partial charge on any atom is -0.396 e. The predicted molar refractivity (Wildman–Crippen MR) is 66.0 cm³/mol. The average molecular weight is 255 g/mol. The molecule has 1 aliphatic rings. The van der Waals surface area contributed by atoms with Gasteiger partial charge in [-0.3, -0.25) is 4.79 Å². The van der Waals surface area contributed by atoms with E-state index in [0.717, 1.165) is 4.88 Å². The van der Waals surface area contributed by atoms with Gasteiger partial charge in [0.05, 0.1) is 19.6 Å². The van der Waals surface area contributed by atoms with Gasteiger partial charge in [0.15, 0.2) is 0 Å². The molecule has 1 unspecified atom stereocenters. The Hall–Kier alpha value is -0.910. The number of amides is 1. The summed E-state index contributed by atoms with van der Waals surface area (Å²) in [4.78, 5) is 15.0. The molecular weight excluding hydrogens is 238 g/mol. The summed E-state index contributed by atoms with van der Waals surface area (Å²) in [7, 11) is 0. The fraction of sp³-hybridized carbons (Fsp3) is 0.583. The molecule has 0 spiro atoms. The molecule has 0 saturated carbocycles. The van der Waals surface area contributed by atoms with Crippen molar-refractivity contribution in [3.63, 3.8) is 0 Å². The third kappa shape index (κ3) is 3.52. The molecule has 17 heavy (non-hydrogen) atoms. The Bertz CT molecular complexity index is 353. The first-order chi connectivity index (χ1) is 8.29. The maximum Gasteiger partial charge on any atom is 0.227 e. The molecule has 1 aromatic heterocycles. The van der Waals surface area contributed by atoms with Crippen LogP contribution in [-0.2, 0) is 16.0 Å². The van der Waals surface area contributed by atoms with Crippen LogP contribution >= 0.6 is 11.3 Å². The van der Waals surface area contributed by atoms with E-state index >= 15 is 0 Å². The van der Waals surface area contributed by atoms with Crippen LogP contribution in [0, 0.1) is 5.92 Å². The van der Waals surface area contributed by atoms with E-state index in [4.69, 9.17) is 9.84 Å². The summed E-state index contributed by atoms with van der Waals surface area (Å²) in [5.41, 5.74) is 0. The van der Waals surface area contributed by atoms with Crippen LogP contribution in [-0.4, -0.2) is 48.8 Å². The molecule has 0 radical (unpaired) electrons. The van der Waals surface area contributed by atoms with E-state index in [1.165, 1.54) is 0 Å². The van der Waals surface area contributed by atoms with Crippen molar-refractivity contribution in [2.45, 2.75) is 6.42 Å².